The Bertz CT molecular complexity index is 806. The molecule has 0 unspecified atom stereocenters. The van der Waals surface area contributed by atoms with E-state index in [0.717, 1.165) is 31.7 Å². The van der Waals surface area contributed by atoms with Crippen molar-refractivity contribution in [3.05, 3.63) is 63.9 Å². The van der Waals surface area contributed by atoms with Crippen molar-refractivity contribution in [3.8, 4) is 0 Å². The first-order chi connectivity index (χ1) is 13.1. The summed E-state index contributed by atoms with van der Waals surface area (Å²) < 4.78 is 13.6. The summed E-state index contributed by atoms with van der Waals surface area (Å²) in [5, 5.41) is 5.97. The van der Waals surface area contributed by atoms with Gasteiger partial charge in [-0.1, -0.05) is 24.1 Å². The normalized spacial score (nSPS) is 14.9. The minimum atomic E-state index is -0.551. The van der Waals surface area contributed by atoms with Crippen molar-refractivity contribution in [1.29, 1.82) is 0 Å². The lowest BCUT2D eigenvalue weighted by Gasteiger charge is -2.27. The Balaban J connectivity index is 1.78. The van der Waals surface area contributed by atoms with Crippen molar-refractivity contribution in [1.82, 2.24) is 10.2 Å². The third-order valence-corrected chi connectivity index (χ3v) is 5.16. The molecule has 3 rings (SSSR count). The van der Waals surface area contributed by atoms with Crippen molar-refractivity contribution < 1.29 is 9.18 Å². The van der Waals surface area contributed by atoms with E-state index in [-0.39, 0.29) is 10.9 Å². The van der Waals surface area contributed by atoms with E-state index in [0.29, 0.717) is 11.3 Å². The fourth-order valence-corrected chi connectivity index (χ4v) is 3.53. The van der Waals surface area contributed by atoms with Gasteiger partial charge in [0.05, 0.1) is 5.02 Å². The molecule has 2 aromatic rings. The molecule has 144 valence electrons. The van der Waals surface area contributed by atoms with Crippen molar-refractivity contribution in [2.24, 2.45) is 0 Å². The SMILES string of the molecule is CNCc1ccc(C(=O)Nc2ccc(Cl)c(F)c2)cc1CN1CCCCC1. The molecule has 2 N–H and O–H groups in total. The average molecular weight is 390 g/mol. The van der Waals surface area contributed by atoms with E-state index in [2.05, 4.69) is 15.5 Å². The molecular formula is C21H25ClFN3O. The van der Waals surface area contributed by atoms with E-state index >= 15 is 0 Å². The maximum absolute atomic E-state index is 13.6. The zero-order valence-corrected chi connectivity index (χ0v) is 16.3. The molecule has 27 heavy (non-hydrogen) atoms. The maximum atomic E-state index is 13.6. The number of halogens is 2. The summed E-state index contributed by atoms with van der Waals surface area (Å²) in [6.45, 7) is 3.79. The Kier molecular flexibility index (Phi) is 6.83. The molecule has 2 aromatic carbocycles. The summed E-state index contributed by atoms with van der Waals surface area (Å²) in [4.78, 5) is 15.1. The van der Waals surface area contributed by atoms with Crippen LogP contribution in [-0.4, -0.2) is 30.9 Å². The fourth-order valence-electron chi connectivity index (χ4n) is 3.41. The summed E-state index contributed by atoms with van der Waals surface area (Å²) >= 11 is 5.70. The number of anilines is 1. The van der Waals surface area contributed by atoms with Gasteiger partial charge in [0.15, 0.2) is 0 Å². The largest absolute Gasteiger partial charge is 0.322 e. The molecule has 0 saturated carbocycles. The van der Waals surface area contributed by atoms with Crippen LogP contribution in [0.3, 0.4) is 0 Å². The molecular weight excluding hydrogens is 365 g/mol. The number of piperidine rings is 1. The van der Waals surface area contributed by atoms with Gasteiger partial charge < -0.3 is 10.6 Å². The highest BCUT2D eigenvalue weighted by Crippen LogP contribution is 2.21. The van der Waals surface area contributed by atoms with Gasteiger partial charge in [-0.2, -0.15) is 0 Å². The van der Waals surface area contributed by atoms with Gasteiger partial charge >= 0.3 is 0 Å². The highest BCUT2D eigenvalue weighted by atomic mass is 35.5. The summed E-state index contributed by atoms with van der Waals surface area (Å²) in [6.07, 6.45) is 3.74. The van der Waals surface area contributed by atoms with Crippen LogP contribution in [0.5, 0.6) is 0 Å². The topological polar surface area (TPSA) is 44.4 Å². The highest BCUT2D eigenvalue weighted by Gasteiger charge is 2.15. The fraction of sp³-hybridized carbons (Fsp3) is 0.381. The van der Waals surface area contributed by atoms with Gasteiger partial charge in [-0.05, 0) is 74.4 Å². The van der Waals surface area contributed by atoms with E-state index in [1.165, 1.54) is 37.0 Å². The lowest BCUT2D eigenvalue weighted by molar-refractivity contribution is 0.102. The molecule has 1 fully saturated rings. The third-order valence-electron chi connectivity index (χ3n) is 4.86. The average Bonchev–Trinajstić information content (AvgIpc) is 2.67. The number of benzene rings is 2. The lowest BCUT2D eigenvalue weighted by Crippen LogP contribution is -2.30. The van der Waals surface area contributed by atoms with E-state index in [4.69, 9.17) is 11.6 Å². The molecule has 6 heteroatoms. The molecule has 1 heterocycles. The Morgan fingerprint density at radius 1 is 1.11 bits per heavy atom. The van der Waals surface area contributed by atoms with Crippen LogP contribution in [0.25, 0.3) is 0 Å². The lowest BCUT2D eigenvalue weighted by atomic mass is 10.0. The van der Waals surface area contributed by atoms with E-state index in [9.17, 15) is 9.18 Å². The van der Waals surface area contributed by atoms with Crippen LogP contribution in [-0.2, 0) is 13.1 Å². The van der Waals surface area contributed by atoms with E-state index in [1.54, 1.807) is 6.07 Å². The molecule has 1 aliphatic rings. The van der Waals surface area contributed by atoms with Gasteiger partial charge in [-0.25, -0.2) is 4.39 Å². The van der Waals surface area contributed by atoms with Gasteiger partial charge in [0, 0.05) is 24.3 Å². The number of amides is 1. The van der Waals surface area contributed by atoms with Crippen LogP contribution in [0, 0.1) is 5.82 Å². The van der Waals surface area contributed by atoms with Crippen LogP contribution >= 0.6 is 11.6 Å². The first kappa shape index (κ1) is 19.8. The van der Waals surface area contributed by atoms with Gasteiger partial charge in [-0.3, -0.25) is 9.69 Å². The molecule has 0 spiro atoms. The smallest absolute Gasteiger partial charge is 0.255 e. The number of nitrogens with one attached hydrogen (secondary N) is 2. The zero-order chi connectivity index (χ0) is 19.2. The molecule has 1 amide bonds. The highest BCUT2D eigenvalue weighted by molar-refractivity contribution is 6.30. The first-order valence-corrected chi connectivity index (χ1v) is 9.70. The van der Waals surface area contributed by atoms with Crippen molar-refractivity contribution in [3.63, 3.8) is 0 Å². The summed E-state index contributed by atoms with van der Waals surface area (Å²) in [5.74, 6) is -0.808. The predicted molar refractivity (Wildman–Crippen MR) is 108 cm³/mol. The van der Waals surface area contributed by atoms with Crippen LogP contribution in [0.4, 0.5) is 10.1 Å². The molecule has 0 radical (unpaired) electrons. The van der Waals surface area contributed by atoms with Gasteiger partial charge in [-0.15, -0.1) is 0 Å². The Hall–Kier alpha value is -1.95. The second-order valence-corrected chi connectivity index (χ2v) is 7.34. The van der Waals surface area contributed by atoms with Crippen LogP contribution < -0.4 is 10.6 Å². The first-order valence-electron chi connectivity index (χ1n) is 9.32. The molecule has 1 saturated heterocycles. The zero-order valence-electron chi connectivity index (χ0n) is 15.5. The Morgan fingerprint density at radius 3 is 2.59 bits per heavy atom. The number of likely N-dealkylation sites (tertiary alicyclic amines) is 1. The minimum absolute atomic E-state index is 0.0354. The van der Waals surface area contributed by atoms with Gasteiger partial charge in [0.25, 0.3) is 5.91 Å². The molecule has 0 aliphatic carbocycles. The quantitative estimate of drug-likeness (QED) is 0.767. The Labute approximate surface area is 164 Å². The van der Waals surface area contributed by atoms with Crippen molar-refractivity contribution in [2.75, 3.05) is 25.5 Å². The maximum Gasteiger partial charge on any atom is 0.255 e. The number of carbonyl (C=O) groups excluding carboxylic acids is 1. The Morgan fingerprint density at radius 2 is 1.89 bits per heavy atom. The summed E-state index contributed by atoms with van der Waals surface area (Å²) in [6, 6.07) is 10.0. The number of hydrogen-bond acceptors (Lipinski definition) is 3. The summed E-state index contributed by atoms with van der Waals surface area (Å²) in [7, 11) is 1.92. The molecule has 4 nitrogen and oxygen atoms in total. The van der Waals surface area contributed by atoms with Crippen LogP contribution in [0.15, 0.2) is 36.4 Å². The van der Waals surface area contributed by atoms with E-state index in [1.807, 2.05) is 25.2 Å². The van der Waals surface area contributed by atoms with Crippen LogP contribution in [0.2, 0.25) is 5.02 Å². The molecule has 0 bridgehead atoms. The van der Waals surface area contributed by atoms with Crippen molar-refractivity contribution in [2.45, 2.75) is 32.4 Å². The van der Waals surface area contributed by atoms with E-state index < -0.39 is 5.82 Å². The van der Waals surface area contributed by atoms with Crippen LogP contribution in [0.1, 0.15) is 40.7 Å². The number of carbonyl (C=O) groups is 1. The number of rotatable bonds is 6. The monoisotopic (exact) mass is 389 g/mol. The minimum Gasteiger partial charge on any atom is -0.322 e. The van der Waals surface area contributed by atoms with Crippen molar-refractivity contribution >= 4 is 23.2 Å². The van der Waals surface area contributed by atoms with Gasteiger partial charge in [0.2, 0.25) is 0 Å². The molecule has 1 aliphatic heterocycles. The second kappa shape index (κ2) is 9.31. The molecule has 0 atom stereocenters. The number of hydrogen-bond donors (Lipinski definition) is 2. The third kappa shape index (κ3) is 5.28. The standard InChI is InChI=1S/C21H25ClFN3O/c1-24-13-16-6-5-15(11-17(16)14-26-9-3-2-4-10-26)21(27)25-18-7-8-19(22)20(23)12-18/h5-8,11-12,24H,2-4,9-10,13-14H2,1H3,(H,25,27). The molecule has 0 aromatic heterocycles. The summed E-state index contributed by atoms with van der Waals surface area (Å²) in [5.41, 5.74) is 3.30. The number of nitrogens with zero attached hydrogens (tertiary/aromatic N) is 1. The van der Waals surface area contributed by atoms with Gasteiger partial charge in [0.1, 0.15) is 5.82 Å². The predicted octanol–water partition coefficient (Wildman–Crippen LogP) is 4.44. The second-order valence-electron chi connectivity index (χ2n) is 6.93.